The van der Waals surface area contributed by atoms with Crippen LogP contribution in [0.3, 0.4) is 0 Å². The summed E-state index contributed by atoms with van der Waals surface area (Å²) in [4.78, 5) is 20.2. The van der Waals surface area contributed by atoms with E-state index in [9.17, 15) is 19.8 Å². The number of carboxylic acids is 2. The molecule has 0 aromatic carbocycles. The van der Waals surface area contributed by atoms with Crippen molar-refractivity contribution in [3.63, 3.8) is 0 Å². The molecular formula is C12H23NO13. The van der Waals surface area contributed by atoms with Gasteiger partial charge in [-0.3, -0.25) is 0 Å². The van der Waals surface area contributed by atoms with E-state index >= 15 is 0 Å². The van der Waals surface area contributed by atoms with Crippen LogP contribution in [0.15, 0.2) is 0 Å². The monoisotopic (exact) mass is 389 g/mol. The van der Waals surface area contributed by atoms with E-state index in [-0.39, 0.29) is 0 Å². The van der Waals surface area contributed by atoms with Gasteiger partial charge in [-0.2, -0.15) is 0 Å². The Morgan fingerprint density at radius 1 is 0.885 bits per heavy atom. The molecule has 5 unspecified atom stereocenters. The number of nitrogens with two attached hydrogens (primary N) is 1. The van der Waals surface area contributed by atoms with Crippen molar-refractivity contribution in [3.8, 4) is 0 Å². The van der Waals surface area contributed by atoms with Gasteiger partial charge < -0.3 is 61.5 Å². The number of aliphatic hydroxyl groups excluding tert-OH is 8. The smallest absolute Gasteiger partial charge is 0.335 e. The molecule has 0 bridgehead atoms. The lowest BCUT2D eigenvalue weighted by Crippen LogP contribution is -2.61. The van der Waals surface area contributed by atoms with Crippen LogP contribution in [0.25, 0.3) is 0 Å². The zero-order valence-electron chi connectivity index (χ0n) is 13.2. The van der Waals surface area contributed by atoms with E-state index < -0.39 is 73.6 Å². The third-order valence-corrected chi connectivity index (χ3v) is 3.45. The third kappa shape index (κ3) is 6.36. The Morgan fingerprint density at radius 3 is 1.58 bits per heavy atom. The highest BCUT2D eigenvalue weighted by Crippen LogP contribution is 2.17. The molecule has 1 aliphatic rings. The summed E-state index contributed by atoms with van der Waals surface area (Å²) in [5, 5.41) is 87.5. The van der Waals surface area contributed by atoms with E-state index in [2.05, 4.69) is 0 Å². The van der Waals surface area contributed by atoms with Crippen LogP contribution in [0.1, 0.15) is 0 Å². The highest BCUT2D eigenvalue weighted by atomic mass is 16.6. The van der Waals surface area contributed by atoms with Gasteiger partial charge in [0.2, 0.25) is 0 Å². The summed E-state index contributed by atoms with van der Waals surface area (Å²) in [6.07, 6.45) is -14.1. The fourth-order valence-corrected chi connectivity index (χ4v) is 1.78. The second-order valence-electron chi connectivity index (χ2n) is 5.35. The van der Waals surface area contributed by atoms with Crippen LogP contribution in [0.4, 0.5) is 0 Å². The molecule has 14 nitrogen and oxygen atoms in total. The van der Waals surface area contributed by atoms with Crippen molar-refractivity contribution in [2.75, 3.05) is 6.61 Å². The normalized spacial score (nSPS) is 33.2. The molecule has 1 aliphatic heterocycles. The first kappa shape index (κ1) is 24.5. The zero-order chi connectivity index (χ0) is 20.8. The molecule has 26 heavy (non-hydrogen) atoms. The first-order valence-corrected chi connectivity index (χ1v) is 7.10. The van der Waals surface area contributed by atoms with Gasteiger partial charge >= 0.3 is 11.9 Å². The van der Waals surface area contributed by atoms with Crippen molar-refractivity contribution in [2.45, 2.75) is 55.1 Å². The summed E-state index contributed by atoms with van der Waals surface area (Å²) in [6, 6.07) is -1.04. The second kappa shape index (κ2) is 10.6. The SMILES string of the molecule is N[C@H]1C(O)O[C@H](CO)[C@@H](O)[C@@H]1O.O=C(O)C(O)C(O)C(O)C(O)C(=O)O. The molecular weight excluding hydrogens is 366 g/mol. The minimum atomic E-state index is -2.36. The standard InChI is InChI=1S/C6H13NO5.C6H10O8/c7-3-5(10)4(9)2(1-8)12-6(3)11;7-1(3(9)5(11)12)2(8)4(10)6(13)14/h2-6,8-11H,1,7H2;1-4,7-10H,(H,11,12)(H,13,14)/t2-,3-,4-,5-,6?;/m1./s1. The maximum atomic E-state index is 10.1. The van der Waals surface area contributed by atoms with Crippen molar-refractivity contribution in [1.29, 1.82) is 0 Å². The van der Waals surface area contributed by atoms with Crippen LogP contribution in [-0.2, 0) is 14.3 Å². The predicted octanol–water partition coefficient (Wildman–Crippen LogP) is -6.66. The number of aliphatic carboxylic acids is 2. The molecule has 0 aromatic heterocycles. The Bertz CT molecular complexity index is 434. The molecule has 9 atom stereocenters. The Hall–Kier alpha value is -1.46. The third-order valence-electron chi connectivity index (χ3n) is 3.45. The summed E-state index contributed by atoms with van der Waals surface area (Å²) in [6.45, 7) is -0.470. The van der Waals surface area contributed by atoms with E-state index in [4.69, 9.17) is 51.3 Å². The lowest BCUT2D eigenvalue weighted by molar-refractivity contribution is -0.248. The van der Waals surface area contributed by atoms with Crippen LogP contribution >= 0.6 is 0 Å². The number of carboxylic acid groups (broad SMARTS) is 2. The molecule has 0 saturated carbocycles. The molecule has 0 amide bonds. The second-order valence-corrected chi connectivity index (χ2v) is 5.35. The van der Waals surface area contributed by atoms with Gasteiger partial charge in [0.15, 0.2) is 18.5 Å². The average molecular weight is 389 g/mol. The molecule has 1 heterocycles. The largest absolute Gasteiger partial charge is 0.479 e. The lowest BCUT2D eigenvalue weighted by atomic mass is 9.98. The van der Waals surface area contributed by atoms with E-state index in [0.29, 0.717) is 0 Å². The van der Waals surface area contributed by atoms with Crippen molar-refractivity contribution in [2.24, 2.45) is 5.73 Å². The van der Waals surface area contributed by atoms with E-state index in [1.807, 2.05) is 0 Å². The predicted molar refractivity (Wildman–Crippen MR) is 77.3 cm³/mol. The summed E-state index contributed by atoms with van der Waals surface area (Å²) in [5.74, 6) is -3.68. The highest BCUT2D eigenvalue weighted by Gasteiger charge is 2.41. The molecule has 12 N–H and O–H groups in total. The molecule has 154 valence electrons. The molecule has 0 aliphatic carbocycles. The first-order valence-electron chi connectivity index (χ1n) is 7.10. The molecule has 0 spiro atoms. The summed E-state index contributed by atoms with van der Waals surface area (Å²) in [5.41, 5.74) is 5.26. The summed E-state index contributed by atoms with van der Waals surface area (Å²) in [7, 11) is 0. The van der Waals surface area contributed by atoms with Crippen molar-refractivity contribution >= 4 is 11.9 Å². The van der Waals surface area contributed by atoms with Gasteiger partial charge in [0.05, 0.1) is 12.6 Å². The summed E-state index contributed by atoms with van der Waals surface area (Å²) >= 11 is 0. The highest BCUT2D eigenvalue weighted by molar-refractivity contribution is 5.75. The van der Waals surface area contributed by atoms with Gasteiger partial charge in [0.25, 0.3) is 0 Å². The van der Waals surface area contributed by atoms with E-state index in [1.165, 1.54) is 0 Å². The molecule has 14 heteroatoms. The van der Waals surface area contributed by atoms with Crippen LogP contribution in [-0.4, -0.2) is 125 Å². The van der Waals surface area contributed by atoms with Gasteiger partial charge in [0.1, 0.15) is 30.5 Å². The Labute approximate surface area is 145 Å². The summed E-state index contributed by atoms with van der Waals surface area (Å²) < 4.78 is 4.70. The van der Waals surface area contributed by atoms with Crippen molar-refractivity contribution in [1.82, 2.24) is 0 Å². The maximum absolute atomic E-state index is 10.1. The number of ether oxygens (including phenoxy) is 1. The number of carbonyl (C=O) groups is 2. The topological polar surface area (TPSA) is 272 Å². The van der Waals surface area contributed by atoms with Crippen LogP contribution in [0.5, 0.6) is 0 Å². The zero-order valence-corrected chi connectivity index (χ0v) is 13.2. The van der Waals surface area contributed by atoms with Crippen molar-refractivity contribution in [3.05, 3.63) is 0 Å². The fourth-order valence-electron chi connectivity index (χ4n) is 1.78. The van der Waals surface area contributed by atoms with Crippen LogP contribution < -0.4 is 5.73 Å². The Balaban J connectivity index is 0.000000485. The van der Waals surface area contributed by atoms with Gasteiger partial charge in [-0.05, 0) is 0 Å². The minimum absolute atomic E-state index is 0.470. The first-order chi connectivity index (χ1) is 11.9. The molecule has 1 saturated heterocycles. The Kier molecular flexibility index (Phi) is 10.0. The van der Waals surface area contributed by atoms with E-state index in [1.54, 1.807) is 0 Å². The quantitative estimate of drug-likeness (QED) is 0.201. The van der Waals surface area contributed by atoms with Crippen LogP contribution in [0.2, 0.25) is 0 Å². The number of hydrogen-bond donors (Lipinski definition) is 11. The minimum Gasteiger partial charge on any atom is -0.479 e. The fraction of sp³-hybridized carbons (Fsp3) is 0.833. The molecule has 0 radical (unpaired) electrons. The number of aliphatic hydroxyl groups is 8. The molecule has 1 fully saturated rings. The Morgan fingerprint density at radius 2 is 1.27 bits per heavy atom. The van der Waals surface area contributed by atoms with Gasteiger partial charge in [-0.1, -0.05) is 0 Å². The van der Waals surface area contributed by atoms with Gasteiger partial charge in [-0.25, -0.2) is 9.59 Å². The van der Waals surface area contributed by atoms with Gasteiger partial charge in [-0.15, -0.1) is 0 Å². The van der Waals surface area contributed by atoms with E-state index in [0.717, 1.165) is 0 Å². The van der Waals surface area contributed by atoms with Gasteiger partial charge in [0, 0.05) is 0 Å². The molecule has 0 aromatic rings. The lowest BCUT2D eigenvalue weighted by Gasteiger charge is -2.38. The van der Waals surface area contributed by atoms with Crippen LogP contribution in [0, 0.1) is 0 Å². The maximum Gasteiger partial charge on any atom is 0.335 e. The molecule has 1 rings (SSSR count). The van der Waals surface area contributed by atoms with Crippen molar-refractivity contribution < 1.29 is 65.4 Å². The average Bonchev–Trinajstić information content (AvgIpc) is 2.60. The number of rotatable bonds is 6. The number of hydrogen-bond acceptors (Lipinski definition) is 12.